The number of hydrogen-bond donors (Lipinski definition) is 2. The van der Waals surface area contributed by atoms with Crippen molar-refractivity contribution in [1.82, 2.24) is 0 Å². The summed E-state index contributed by atoms with van der Waals surface area (Å²) < 4.78 is 16.7. The van der Waals surface area contributed by atoms with E-state index in [4.69, 9.17) is 14.2 Å². The first-order valence-corrected chi connectivity index (χ1v) is 9.91. The number of hydrogen-bond acceptors (Lipinski definition) is 4. The van der Waals surface area contributed by atoms with Crippen LogP contribution in [0, 0.1) is 0 Å². The number of ether oxygens (including phenoxy) is 3. The fourth-order valence-electron chi connectivity index (χ4n) is 3.52. The van der Waals surface area contributed by atoms with Crippen molar-refractivity contribution < 1.29 is 36.3 Å². The molecule has 3 rings (SSSR count). The quantitative estimate of drug-likeness (QED) is 0.619. The minimum Gasteiger partial charge on any atom is -1.00 e. The Balaban J connectivity index is 0.00000261. The number of amides is 1. The van der Waals surface area contributed by atoms with Crippen molar-refractivity contribution in [3.8, 4) is 5.75 Å². The van der Waals surface area contributed by atoms with Crippen LogP contribution in [0.2, 0.25) is 0 Å². The van der Waals surface area contributed by atoms with Crippen molar-refractivity contribution in [1.29, 1.82) is 0 Å². The number of halogens is 1. The lowest BCUT2D eigenvalue weighted by Crippen LogP contribution is -3.14. The van der Waals surface area contributed by atoms with E-state index >= 15 is 0 Å². The van der Waals surface area contributed by atoms with Crippen LogP contribution in [-0.4, -0.2) is 51.7 Å². The van der Waals surface area contributed by atoms with E-state index in [1.165, 1.54) is 17.7 Å². The van der Waals surface area contributed by atoms with Gasteiger partial charge in [-0.15, -0.1) is 0 Å². The molecule has 1 aliphatic heterocycles. The highest BCUT2D eigenvalue weighted by atomic mass is 35.5. The predicted octanol–water partition coefficient (Wildman–Crippen LogP) is -0.744. The molecular formula is C20H31ClN2O4. The van der Waals surface area contributed by atoms with Crippen molar-refractivity contribution in [2.45, 2.75) is 44.6 Å². The maximum absolute atomic E-state index is 12.0. The van der Waals surface area contributed by atoms with Gasteiger partial charge in [0.1, 0.15) is 38.1 Å². The monoisotopic (exact) mass is 398 g/mol. The Hall–Kier alpha value is -1.50. The molecule has 0 bridgehead atoms. The molecule has 7 heteroatoms. The van der Waals surface area contributed by atoms with Crippen LogP contribution in [0.5, 0.6) is 5.75 Å². The van der Waals surface area contributed by atoms with Crippen molar-refractivity contribution in [2.75, 3.05) is 44.8 Å². The average Bonchev–Trinajstić information content (AvgIpc) is 2.93. The summed E-state index contributed by atoms with van der Waals surface area (Å²) in [6, 6.07) is 7.47. The molecule has 1 aromatic rings. The molecule has 1 heterocycles. The van der Waals surface area contributed by atoms with Gasteiger partial charge < -0.3 is 31.5 Å². The normalized spacial score (nSPS) is 18.8. The molecule has 0 radical (unpaired) electrons. The van der Waals surface area contributed by atoms with E-state index in [2.05, 4.69) is 5.32 Å². The Kier molecular flexibility index (Phi) is 9.73. The fourth-order valence-corrected chi connectivity index (χ4v) is 3.52. The maximum Gasteiger partial charge on any atom is 0.411 e. The first-order chi connectivity index (χ1) is 12.8. The number of nitrogens with one attached hydrogen (secondary N) is 2. The zero-order valence-corrected chi connectivity index (χ0v) is 16.6. The molecular weight excluding hydrogens is 368 g/mol. The largest absolute Gasteiger partial charge is 1.00 e. The molecule has 1 aliphatic carbocycles. The highest BCUT2D eigenvalue weighted by Gasteiger charge is 2.17. The van der Waals surface area contributed by atoms with Gasteiger partial charge in [-0.1, -0.05) is 12.8 Å². The van der Waals surface area contributed by atoms with Crippen molar-refractivity contribution in [3.63, 3.8) is 0 Å². The summed E-state index contributed by atoms with van der Waals surface area (Å²) >= 11 is 0. The molecule has 2 fully saturated rings. The fraction of sp³-hybridized carbons (Fsp3) is 0.650. The van der Waals surface area contributed by atoms with E-state index in [9.17, 15) is 4.79 Å². The molecule has 0 atom stereocenters. The lowest BCUT2D eigenvalue weighted by atomic mass is 10.2. The van der Waals surface area contributed by atoms with Gasteiger partial charge in [0, 0.05) is 5.69 Å². The van der Waals surface area contributed by atoms with Crippen LogP contribution >= 0.6 is 0 Å². The number of anilines is 1. The smallest absolute Gasteiger partial charge is 0.411 e. The van der Waals surface area contributed by atoms with Gasteiger partial charge in [-0.05, 0) is 49.9 Å². The minimum atomic E-state index is -0.360. The Morgan fingerprint density at radius 1 is 1.07 bits per heavy atom. The molecule has 0 spiro atoms. The SMILES string of the molecule is O=C(Nc1ccc(OCC[NH+]2CCOCC2)cc1)OC1CCCCCC1.[Cl-]. The Morgan fingerprint density at radius 2 is 1.74 bits per heavy atom. The molecule has 1 amide bonds. The summed E-state index contributed by atoms with van der Waals surface area (Å²) in [4.78, 5) is 13.6. The third-order valence-electron chi connectivity index (χ3n) is 5.10. The molecule has 1 saturated heterocycles. The highest BCUT2D eigenvalue weighted by Crippen LogP contribution is 2.21. The average molecular weight is 399 g/mol. The van der Waals surface area contributed by atoms with Crippen LogP contribution in [0.25, 0.3) is 0 Å². The number of carbonyl (C=O) groups is 1. The molecule has 2 aliphatic rings. The standard InChI is InChI=1S/C20H30N2O4.ClH/c23-20(26-19-5-3-1-2-4-6-19)21-17-7-9-18(10-8-17)25-16-13-22-11-14-24-15-12-22;/h7-10,19H,1-6,11-16H2,(H,21,23);1H. The lowest BCUT2D eigenvalue weighted by Gasteiger charge is -2.23. The molecule has 1 aromatic carbocycles. The molecule has 0 aromatic heterocycles. The third-order valence-corrected chi connectivity index (χ3v) is 5.10. The lowest BCUT2D eigenvalue weighted by molar-refractivity contribution is -0.908. The van der Waals surface area contributed by atoms with Gasteiger partial charge in [0.15, 0.2) is 0 Å². The predicted molar refractivity (Wildman–Crippen MR) is 99.9 cm³/mol. The van der Waals surface area contributed by atoms with Gasteiger partial charge in [0.2, 0.25) is 0 Å². The summed E-state index contributed by atoms with van der Waals surface area (Å²) in [7, 11) is 0. The van der Waals surface area contributed by atoms with Crippen molar-refractivity contribution in [2.24, 2.45) is 0 Å². The summed E-state index contributed by atoms with van der Waals surface area (Å²) in [6.07, 6.45) is 6.44. The van der Waals surface area contributed by atoms with E-state index in [0.717, 1.165) is 70.0 Å². The number of benzene rings is 1. The first kappa shape index (κ1) is 21.8. The zero-order chi connectivity index (χ0) is 18.0. The second kappa shape index (κ2) is 12.1. The molecule has 152 valence electrons. The summed E-state index contributed by atoms with van der Waals surface area (Å²) in [6.45, 7) is 5.45. The maximum atomic E-state index is 12.0. The Labute approximate surface area is 167 Å². The third kappa shape index (κ3) is 7.95. The van der Waals surface area contributed by atoms with E-state index in [1.807, 2.05) is 24.3 Å². The van der Waals surface area contributed by atoms with Crippen LogP contribution in [0.3, 0.4) is 0 Å². The van der Waals surface area contributed by atoms with E-state index < -0.39 is 0 Å². The van der Waals surface area contributed by atoms with E-state index in [-0.39, 0.29) is 24.6 Å². The van der Waals surface area contributed by atoms with Crippen molar-refractivity contribution in [3.05, 3.63) is 24.3 Å². The molecule has 1 saturated carbocycles. The molecule has 0 unspecified atom stereocenters. The minimum absolute atomic E-state index is 0. The number of carbonyl (C=O) groups excluding carboxylic acids is 1. The van der Waals surface area contributed by atoms with Crippen LogP contribution in [0.15, 0.2) is 24.3 Å². The second-order valence-electron chi connectivity index (χ2n) is 7.13. The van der Waals surface area contributed by atoms with Crippen LogP contribution in [0.4, 0.5) is 10.5 Å². The highest BCUT2D eigenvalue weighted by molar-refractivity contribution is 5.84. The zero-order valence-electron chi connectivity index (χ0n) is 15.9. The van der Waals surface area contributed by atoms with Gasteiger partial charge in [-0.2, -0.15) is 0 Å². The number of rotatable bonds is 6. The Morgan fingerprint density at radius 3 is 2.41 bits per heavy atom. The summed E-state index contributed by atoms with van der Waals surface area (Å²) in [5, 5.41) is 2.81. The summed E-state index contributed by atoms with van der Waals surface area (Å²) in [5.41, 5.74) is 0.731. The first-order valence-electron chi connectivity index (χ1n) is 9.91. The number of morpholine rings is 1. The van der Waals surface area contributed by atoms with Gasteiger partial charge in [-0.25, -0.2) is 4.79 Å². The molecule has 2 N–H and O–H groups in total. The van der Waals surface area contributed by atoms with Gasteiger partial charge in [-0.3, -0.25) is 5.32 Å². The van der Waals surface area contributed by atoms with E-state index in [1.54, 1.807) is 0 Å². The molecule has 6 nitrogen and oxygen atoms in total. The van der Waals surface area contributed by atoms with Gasteiger partial charge in [0.05, 0.1) is 13.2 Å². The topological polar surface area (TPSA) is 61.2 Å². The van der Waals surface area contributed by atoms with E-state index in [0.29, 0.717) is 6.61 Å². The van der Waals surface area contributed by atoms with Gasteiger partial charge in [0.25, 0.3) is 0 Å². The van der Waals surface area contributed by atoms with Gasteiger partial charge >= 0.3 is 6.09 Å². The Bertz CT molecular complexity index is 541. The summed E-state index contributed by atoms with van der Waals surface area (Å²) in [5.74, 6) is 0.820. The molecule has 27 heavy (non-hydrogen) atoms. The number of quaternary nitrogens is 1. The van der Waals surface area contributed by atoms with Crippen LogP contribution < -0.4 is 27.4 Å². The second-order valence-corrected chi connectivity index (χ2v) is 7.13. The van der Waals surface area contributed by atoms with Crippen LogP contribution in [-0.2, 0) is 9.47 Å². The van der Waals surface area contributed by atoms with Crippen molar-refractivity contribution >= 4 is 11.8 Å². The van der Waals surface area contributed by atoms with Crippen LogP contribution in [0.1, 0.15) is 38.5 Å².